The van der Waals surface area contributed by atoms with Crippen molar-refractivity contribution < 1.29 is 9.47 Å². The third-order valence-corrected chi connectivity index (χ3v) is 3.03. The summed E-state index contributed by atoms with van der Waals surface area (Å²) >= 11 is 0. The van der Waals surface area contributed by atoms with E-state index in [2.05, 4.69) is 12.2 Å². The van der Waals surface area contributed by atoms with Crippen LogP contribution in [0.4, 0.5) is 0 Å². The molecule has 0 saturated carbocycles. The molecule has 1 fully saturated rings. The molecule has 0 spiro atoms. The van der Waals surface area contributed by atoms with E-state index in [1.54, 1.807) is 0 Å². The van der Waals surface area contributed by atoms with Gasteiger partial charge in [0.25, 0.3) is 0 Å². The lowest BCUT2D eigenvalue weighted by Crippen LogP contribution is -2.25. The Labute approximate surface area is 86.3 Å². The van der Waals surface area contributed by atoms with Gasteiger partial charge in [-0.1, -0.05) is 12.2 Å². The van der Waals surface area contributed by atoms with Gasteiger partial charge in [-0.05, 0) is 44.4 Å². The lowest BCUT2D eigenvalue weighted by Gasteiger charge is -2.25. The number of ether oxygens (including phenoxy) is 2. The van der Waals surface area contributed by atoms with Crippen LogP contribution in [0.15, 0.2) is 12.2 Å². The first kappa shape index (κ1) is 10.2. The van der Waals surface area contributed by atoms with E-state index in [1.807, 2.05) is 0 Å². The van der Waals surface area contributed by atoms with Crippen molar-refractivity contribution in [3.63, 3.8) is 0 Å². The summed E-state index contributed by atoms with van der Waals surface area (Å²) < 4.78 is 11.3. The normalized spacial score (nSPS) is 33.1. The number of hydrogen-bond donors (Lipinski definition) is 0. The molecule has 1 heterocycles. The zero-order valence-electron chi connectivity index (χ0n) is 8.78. The van der Waals surface area contributed by atoms with Crippen LogP contribution in [-0.2, 0) is 9.47 Å². The minimum atomic E-state index is 0.0923. The van der Waals surface area contributed by atoms with E-state index in [-0.39, 0.29) is 6.29 Å². The van der Waals surface area contributed by atoms with E-state index >= 15 is 0 Å². The summed E-state index contributed by atoms with van der Waals surface area (Å²) in [6.45, 7) is 1.77. The Morgan fingerprint density at radius 3 is 2.93 bits per heavy atom. The van der Waals surface area contributed by atoms with Crippen LogP contribution >= 0.6 is 0 Å². The standard InChI is InChI=1S/C12H20O2/c1-2-6-11(7-3-1)10-14-12-8-4-5-9-13-12/h1-2,11-12H,3-10H2. The molecule has 1 saturated heterocycles. The van der Waals surface area contributed by atoms with Crippen LogP contribution in [0, 0.1) is 5.92 Å². The SMILES string of the molecule is C1=CCC(COC2CCCCO2)CC1. The van der Waals surface area contributed by atoms with Crippen LogP contribution in [-0.4, -0.2) is 19.5 Å². The summed E-state index contributed by atoms with van der Waals surface area (Å²) in [5.41, 5.74) is 0. The van der Waals surface area contributed by atoms with Gasteiger partial charge in [-0.25, -0.2) is 0 Å². The van der Waals surface area contributed by atoms with Crippen molar-refractivity contribution in [2.45, 2.75) is 44.8 Å². The molecule has 2 unspecified atom stereocenters. The summed E-state index contributed by atoms with van der Waals surface area (Å²) in [5, 5.41) is 0. The molecule has 0 aromatic heterocycles. The molecule has 0 aromatic rings. The smallest absolute Gasteiger partial charge is 0.157 e. The first-order chi connectivity index (χ1) is 6.95. The zero-order chi connectivity index (χ0) is 9.64. The first-order valence-corrected chi connectivity index (χ1v) is 5.83. The van der Waals surface area contributed by atoms with E-state index < -0.39 is 0 Å². The highest BCUT2D eigenvalue weighted by molar-refractivity contribution is 4.89. The molecule has 1 aliphatic carbocycles. The van der Waals surface area contributed by atoms with Crippen molar-refractivity contribution in [3.8, 4) is 0 Å². The van der Waals surface area contributed by atoms with E-state index in [0.29, 0.717) is 0 Å². The second-order valence-electron chi connectivity index (χ2n) is 4.28. The average Bonchev–Trinajstić information content (AvgIpc) is 2.29. The lowest BCUT2D eigenvalue weighted by molar-refractivity contribution is -0.169. The second kappa shape index (κ2) is 5.52. The molecular formula is C12H20O2. The minimum absolute atomic E-state index is 0.0923. The highest BCUT2D eigenvalue weighted by Gasteiger charge is 2.17. The topological polar surface area (TPSA) is 18.5 Å². The Morgan fingerprint density at radius 1 is 1.21 bits per heavy atom. The maximum atomic E-state index is 5.77. The summed E-state index contributed by atoms with van der Waals surface area (Å²) in [4.78, 5) is 0. The van der Waals surface area contributed by atoms with Gasteiger partial charge in [0.2, 0.25) is 0 Å². The van der Waals surface area contributed by atoms with Crippen molar-refractivity contribution in [2.75, 3.05) is 13.2 Å². The predicted octanol–water partition coefficient (Wildman–Crippen LogP) is 2.89. The lowest BCUT2D eigenvalue weighted by atomic mass is 9.95. The maximum absolute atomic E-state index is 5.77. The molecule has 1 aliphatic heterocycles. The average molecular weight is 196 g/mol. The van der Waals surface area contributed by atoms with E-state index in [9.17, 15) is 0 Å². The van der Waals surface area contributed by atoms with Crippen LogP contribution in [0.25, 0.3) is 0 Å². The highest BCUT2D eigenvalue weighted by Crippen LogP contribution is 2.21. The minimum Gasteiger partial charge on any atom is -0.353 e. The van der Waals surface area contributed by atoms with E-state index in [0.717, 1.165) is 25.6 Å². The van der Waals surface area contributed by atoms with Gasteiger partial charge in [-0.15, -0.1) is 0 Å². The van der Waals surface area contributed by atoms with Crippen molar-refractivity contribution in [3.05, 3.63) is 12.2 Å². The summed E-state index contributed by atoms with van der Waals surface area (Å²) in [7, 11) is 0. The Hall–Kier alpha value is -0.340. The molecule has 0 N–H and O–H groups in total. The van der Waals surface area contributed by atoms with Gasteiger partial charge in [-0.2, -0.15) is 0 Å². The summed E-state index contributed by atoms with van der Waals surface area (Å²) in [6.07, 6.45) is 11.9. The number of rotatable bonds is 3. The molecular weight excluding hydrogens is 176 g/mol. The fourth-order valence-corrected chi connectivity index (χ4v) is 2.09. The maximum Gasteiger partial charge on any atom is 0.157 e. The Balaban J connectivity index is 1.63. The van der Waals surface area contributed by atoms with Crippen LogP contribution < -0.4 is 0 Å². The van der Waals surface area contributed by atoms with Crippen LogP contribution in [0.2, 0.25) is 0 Å². The summed E-state index contributed by atoms with van der Waals surface area (Å²) in [5.74, 6) is 0.727. The van der Waals surface area contributed by atoms with Gasteiger partial charge in [0.1, 0.15) is 0 Å². The largest absolute Gasteiger partial charge is 0.353 e. The second-order valence-corrected chi connectivity index (χ2v) is 4.28. The quantitative estimate of drug-likeness (QED) is 0.646. The van der Waals surface area contributed by atoms with Crippen LogP contribution in [0.1, 0.15) is 38.5 Å². The third kappa shape index (κ3) is 3.10. The molecule has 0 amide bonds. The van der Waals surface area contributed by atoms with Crippen LogP contribution in [0.5, 0.6) is 0 Å². The monoisotopic (exact) mass is 196 g/mol. The predicted molar refractivity (Wildman–Crippen MR) is 56.0 cm³/mol. The molecule has 14 heavy (non-hydrogen) atoms. The molecule has 2 heteroatoms. The fourth-order valence-electron chi connectivity index (χ4n) is 2.09. The first-order valence-electron chi connectivity index (χ1n) is 5.83. The molecule has 80 valence electrons. The summed E-state index contributed by atoms with van der Waals surface area (Å²) in [6, 6.07) is 0. The van der Waals surface area contributed by atoms with Crippen molar-refractivity contribution in [1.29, 1.82) is 0 Å². The molecule has 2 rings (SSSR count). The number of hydrogen-bond acceptors (Lipinski definition) is 2. The molecule has 0 aromatic carbocycles. The van der Waals surface area contributed by atoms with Crippen molar-refractivity contribution in [2.24, 2.45) is 5.92 Å². The van der Waals surface area contributed by atoms with Gasteiger partial charge in [-0.3, -0.25) is 0 Å². The third-order valence-electron chi connectivity index (χ3n) is 3.03. The van der Waals surface area contributed by atoms with Gasteiger partial charge in [0, 0.05) is 6.61 Å². The van der Waals surface area contributed by atoms with Crippen molar-refractivity contribution in [1.82, 2.24) is 0 Å². The fraction of sp³-hybridized carbons (Fsp3) is 0.833. The van der Waals surface area contributed by atoms with Crippen molar-refractivity contribution >= 4 is 0 Å². The number of allylic oxidation sites excluding steroid dienone is 2. The Kier molecular flexibility index (Phi) is 4.02. The molecule has 2 aliphatic rings. The molecule has 2 nitrogen and oxygen atoms in total. The molecule has 2 atom stereocenters. The zero-order valence-corrected chi connectivity index (χ0v) is 8.78. The van der Waals surface area contributed by atoms with E-state index in [1.165, 1.54) is 32.1 Å². The van der Waals surface area contributed by atoms with Gasteiger partial charge < -0.3 is 9.47 Å². The van der Waals surface area contributed by atoms with Gasteiger partial charge in [0.05, 0.1) is 6.61 Å². The van der Waals surface area contributed by atoms with Gasteiger partial charge in [0.15, 0.2) is 6.29 Å². The van der Waals surface area contributed by atoms with Gasteiger partial charge >= 0.3 is 0 Å². The Morgan fingerprint density at radius 2 is 2.21 bits per heavy atom. The molecule has 0 bridgehead atoms. The Bertz CT molecular complexity index is 183. The van der Waals surface area contributed by atoms with E-state index in [4.69, 9.17) is 9.47 Å². The van der Waals surface area contributed by atoms with Crippen LogP contribution in [0.3, 0.4) is 0 Å². The highest BCUT2D eigenvalue weighted by atomic mass is 16.7. The molecule has 0 radical (unpaired) electrons.